The SMILES string of the molecule is CSCCC(NC(=O)C1CCCN1C(=O)C(CCCN=C(N)N)NC(=O)C(N)C(C)O)C(=O)O. The number of likely N-dealkylation sites (tertiary alicyclic amines) is 1. The maximum atomic E-state index is 13.3. The summed E-state index contributed by atoms with van der Waals surface area (Å²) >= 11 is 1.46. The molecule has 5 atom stereocenters. The van der Waals surface area contributed by atoms with Crippen LogP contribution in [0.1, 0.15) is 39.0 Å². The van der Waals surface area contributed by atoms with Crippen molar-refractivity contribution in [2.24, 2.45) is 22.2 Å². The van der Waals surface area contributed by atoms with Crippen molar-refractivity contribution in [3.63, 3.8) is 0 Å². The molecule has 1 aliphatic rings. The maximum Gasteiger partial charge on any atom is 0.326 e. The molecular formula is C20H37N7O6S. The summed E-state index contributed by atoms with van der Waals surface area (Å²) in [6.07, 6.45) is 2.41. The van der Waals surface area contributed by atoms with E-state index in [9.17, 15) is 29.4 Å². The molecule has 0 radical (unpaired) electrons. The summed E-state index contributed by atoms with van der Waals surface area (Å²) in [5.74, 6) is -2.45. The number of rotatable bonds is 14. The summed E-state index contributed by atoms with van der Waals surface area (Å²) in [4.78, 5) is 55.3. The zero-order valence-electron chi connectivity index (χ0n) is 19.6. The quantitative estimate of drug-likeness (QED) is 0.0751. The second-order valence-corrected chi connectivity index (χ2v) is 9.13. The van der Waals surface area contributed by atoms with E-state index in [4.69, 9.17) is 17.2 Å². The van der Waals surface area contributed by atoms with Gasteiger partial charge in [-0.05, 0) is 51.0 Å². The first kappa shape index (κ1) is 29.5. The van der Waals surface area contributed by atoms with E-state index < -0.39 is 54.0 Å². The van der Waals surface area contributed by atoms with Crippen molar-refractivity contribution in [1.29, 1.82) is 0 Å². The van der Waals surface area contributed by atoms with E-state index in [-0.39, 0.29) is 31.9 Å². The van der Waals surface area contributed by atoms with E-state index in [1.807, 2.05) is 6.26 Å². The molecule has 1 rings (SSSR count). The molecule has 34 heavy (non-hydrogen) atoms. The number of amides is 3. The molecule has 194 valence electrons. The number of guanidine groups is 1. The van der Waals surface area contributed by atoms with Crippen LogP contribution >= 0.6 is 11.8 Å². The normalized spacial score (nSPS) is 18.9. The molecule has 5 unspecified atom stereocenters. The number of aliphatic hydroxyl groups excluding tert-OH is 1. The molecule has 3 amide bonds. The van der Waals surface area contributed by atoms with Gasteiger partial charge in [0, 0.05) is 13.1 Å². The minimum atomic E-state index is -1.24. The Morgan fingerprint density at radius 1 is 1.18 bits per heavy atom. The number of hydrogen-bond acceptors (Lipinski definition) is 8. The highest BCUT2D eigenvalue weighted by Crippen LogP contribution is 2.20. The summed E-state index contributed by atoms with van der Waals surface area (Å²) in [7, 11) is 0. The predicted molar refractivity (Wildman–Crippen MR) is 129 cm³/mol. The Balaban J connectivity index is 2.97. The smallest absolute Gasteiger partial charge is 0.326 e. The lowest BCUT2D eigenvalue weighted by molar-refractivity contribution is -0.145. The summed E-state index contributed by atoms with van der Waals surface area (Å²) in [6.45, 7) is 1.86. The van der Waals surface area contributed by atoms with Gasteiger partial charge in [0.25, 0.3) is 0 Å². The molecular weight excluding hydrogens is 466 g/mol. The van der Waals surface area contributed by atoms with Gasteiger partial charge >= 0.3 is 5.97 Å². The lowest BCUT2D eigenvalue weighted by atomic mass is 10.1. The van der Waals surface area contributed by atoms with E-state index in [2.05, 4.69) is 15.6 Å². The molecule has 14 heteroatoms. The first-order chi connectivity index (χ1) is 16.0. The fraction of sp³-hybridized carbons (Fsp3) is 0.750. The number of aliphatic imine (C=N–C) groups is 1. The van der Waals surface area contributed by atoms with Crippen LogP contribution in [0.25, 0.3) is 0 Å². The second-order valence-electron chi connectivity index (χ2n) is 8.15. The number of nitrogens with two attached hydrogens (primary N) is 3. The van der Waals surface area contributed by atoms with Crippen LogP contribution in [-0.2, 0) is 19.2 Å². The average molecular weight is 504 g/mol. The number of carbonyl (C=O) groups is 4. The molecule has 0 aromatic rings. The number of aliphatic carboxylic acids is 1. The lowest BCUT2D eigenvalue weighted by Crippen LogP contribution is -2.57. The number of carboxylic acid groups (broad SMARTS) is 1. The fourth-order valence-electron chi connectivity index (χ4n) is 3.51. The molecule has 0 bridgehead atoms. The van der Waals surface area contributed by atoms with Crippen LogP contribution in [0.5, 0.6) is 0 Å². The van der Waals surface area contributed by atoms with Gasteiger partial charge in [0.15, 0.2) is 5.96 Å². The molecule has 0 aromatic heterocycles. The summed E-state index contributed by atoms with van der Waals surface area (Å²) < 4.78 is 0. The molecule has 13 nitrogen and oxygen atoms in total. The van der Waals surface area contributed by atoms with Crippen LogP contribution in [0.3, 0.4) is 0 Å². The Hall–Kier alpha value is -2.58. The highest BCUT2D eigenvalue weighted by atomic mass is 32.2. The Kier molecular flexibility index (Phi) is 12.7. The summed E-state index contributed by atoms with van der Waals surface area (Å²) in [6, 6.07) is -4.17. The van der Waals surface area contributed by atoms with Crippen molar-refractivity contribution < 1.29 is 29.4 Å². The standard InChI is InChI=1S/C20H37N7O6S/c1-11(28)15(21)17(30)25-12(5-3-8-24-20(22)23)18(31)27-9-4-6-14(27)16(29)26-13(19(32)33)7-10-34-2/h11-15,28H,3-10,21H2,1-2H3,(H,25,30)(H,26,29)(H,32,33)(H4,22,23,24). The minimum Gasteiger partial charge on any atom is -0.480 e. The van der Waals surface area contributed by atoms with Gasteiger partial charge < -0.3 is 42.9 Å². The van der Waals surface area contributed by atoms with Gasteiger partial charge in [-0.2, -0.15) is 11.8 Å². The Bertz CT molecular complexity index is 747. The van der Waals surface area contributed by atoms with Gasteiger partial charge in [0.05, 0.1) is 6.10 Å². The molecule has 1 saturated heterocycles. The Morgan fingerprint density at radius 3 is 2.41 bits per heavy atom. The topological polar surface area (TPSA) is 226 Å². The van der Waals surface area contributed by atoms with Gasteiger partial charge in [0.1, 0.15) is 24.2 Å². The van der Waals surface area contributed by atoms with Crippen LogP contribution in [0.2, 0.25) is 0 Å². The Labute approximate surface area is 203 Å². The largest absolute Gasteiger partial charge is 0.480 e. The number of nitrogens with one attached hydrogen (secondary N) is 2. The zero-order valence-corrected chi connectivity index (χ0v) is 20.4. The van der Waals surface area contributed by atoms with Crippen molar-refractivity contribution >= 4 is 41.4 Å². The van der Waals surface area contributed by atoms with E-state index in [1.165, 1.54) is 23.6 Å². The van der Waals surface area contributed by atoms with Crippen LogP contribution in [0, 0.1) is 0 Å². The van der Waals surface area contributed by atoms with E-state index in [0.29, 0.717) is 25.0 Å². The van der Waals surface area contributed by atoms with Crippen molar-refractivity contribution in [3.05, 3.63) is 0 Å². The van der Waals surface area contributed by atoms with Gasteiger partial charge in [-0.25, -0.2) is 4.79 Å². The number of aliphatic hydroxyl groups is 1. The fourth-order valence-corrected chi connectivity index (χ4v) is 3.98. The molecule has 0 spiro atoms. The summed E-state index contributed by atoms with van der Waals surface area (Å²) in [5.41, 5.74) is 16.3. The number of hydrogen-bond donors (Lipinski definition) is 7. The highest BCUT2D eigenvalue weighted by Gasteiger charge is 2.39. The minimum absolute atomic E-state index is 0.103. The first-order valence-electron chi connectivity index (χ1n) is 11.1. The molecule has 1 heterocycles. The monoisotopic (exact) mass is 503 g/mol. The third-order valence-corrected chi connectivity index (χ3v) is 6.09. The van der Waals surface area contributed by atoms with Crippen LogP contribution < -0.4 is 27.8 Å². The number of thioether (sulfide) groups is 1. The highest BCUT2D eigenvalue weighted by molar-refractivity contribution is 7.98. The third kappa shape index (κ3) is 9.35. The Morgan fingerprint density at radius 2 is 1.85 bits per heavy atom. The van der Waals surface area contributed by atoms with E-state index >= 15 is 0 Å². The van der Waals surface area contributed by atoms with E-state index in [1.54, 1.807) is 0 Å². The van der Waals surface area contributed by atoms with Crippen LogP contribution in [0.15, 0.2) is 4.99 Å². The molecule has 0 aliphatic carbocycles. The van der Waals surface area contributed by atoms with E-state index in [0.717, 1.165) is 0 Å². The molecule has 10 N–H and O–H groups in total. The van der Waals surface area contributed by atoms with Gasteiger partial charge in [-0.3, -0.25) is 19.4 Å². The molecule has 0 saturated carbocycles. The van der Waals surface area contributed by atoms with Crippen LogP contribution in [0.4, 0.5) is 0 Å². The van der Waals surface area contributed by atoms with Crippen molar-refractivity contribution in [2.75, 3.05) is 25.1 Å². The molecule has 0 aromatic carbocycles. The van der Waals surface area contributed by atoms with Gasteiger partial charge in [-0.1, -0.05) is 0 Å². The van der Waals surface area contributed by atoms with Crippen LogP contribution in [-0.4, -0.2) is 100 Å². The van der Waals surface area contributed by atoms with Crippen molar-refractivity contribution in [1.82, 2.24) is 15.5 Å². The van der Waals surface area contributed by atoms with Crippen molar-refractivity contribution in [3.8, 4) is 0 Å². The zero-order chi connectivity index (χ0) is 25.8. The number of carboxylic acids is 1. The predicted octanol–water partition coefficient (Wildman–Crippen LogP) is -2.45. The summed E-state index contributed by atoms with van der Waals surface area (Å²) in [5, 5.41) is 24.1. The number of carbonyl (C=O) groups excluding carboxylic acids is 3. The molecule has 1 aliphatic heterocycles. The maximum absolute atomic E-state index is 13.3. The van der Waals surface area contributed by atoms with Gasteiger partial charge in [-0.15, -0.1) is 0 Å². The number of nitrogens with zero attached hydrogens (tertiary/aromatic N) is 2. The third-order valence-electron chi connectivity index (χ3n) is 5.45. The second kappa shape index (κ2) is 14.6. The van der Waals surface area contributed by atoms with Gasteiger partial charge in [0.2, 0.25) is 17.7 Å². The van der Waals surface area contributed by atoms with Crippen molar-refractivity contribution in [2.45, 2.75) is 69.3 Å². The molecule has 1 fully saturated rings. The first-order valence-corrected chi connectivity index (χ1v) is 12.5. The average Bonchev–Trinajstić information content (AvgIpc) is 3.26. The lowest BCUT2D eigenvalue weighted by Gasteiger charge is -2.30.